The number of aromatic nitrogens is 1. The van der Waals surface area contributed by atoms with E-state index in [1.807, 2.05) is 95.6 Å². The molecular formula is C40H36FNO6. The smallest absolute Gasteiger partial charge is 0.343 e. The summed E-state index contributed by atoms with van der Waals surface area (Å²) in [6.45, 7) is 2.33. The highest BCUT2D eigenvalue weighted by molar-refractivity contribution is 5.95. The van der Waals surface area contributed by atoms with Crippen LogP contribution in [0.2, 0.25) is 0 Å². The number of benzene rings is 4. The van der Waals surface area contributed by atoms with Crippen LogP contribution in [0.5, 0.6) is 0 Å². The van der Waals surface area contributed by atoms with Crippen molar-refractivity contribution >= 4 is 22.8 Å². The monoisotopic (exact) mass is 645 g/mol. The molecule has 0 saturated heterocycles. The van der Waals surface area contributed by atoms with E-state index in [4.69, 9.17) is 14.2 Å². The SMILES string of the molecule is CCOC(=O)c1cn(C2CC2)c2cc(C3(C(=O)OC(c4ccccc4)c4ccccc4)CC3COCc3ccccc3)c(F)cc2c1=O. The number of hydrogen-bond acceptors (Lipinski definition) is 6. The van der Waals surface area contributed by atoms with Crippen LogP contribution in [-0.4, -0.2) is 29.7 Å². The van der Waals surface area contributed by atoms with Crippen molar-refractivity contribution < 1.29 is 28.2 Å². The van der Waals surface area contributed by atoms with Gasteiger partial charge in [0.25, 0.3) is 0 Å². The number of carbonyl (C=O) groups is 2. The predicted molar refractivity (Wildman–Crippen MR) is 179 cm³/mol. The van der Waals surface area contributed by atoms with Gasteiger partial charge in [0.05, 0.1) is 25.3 Å². The van der Waals surface area contributed by atoms with E-state index in [1.54, 1.807) is 13.0 Å². The number of fused-ring (bicyclic) bond motifs is 1. The summed E-state index contributed by atoms with van der Waals surface area (Å²) in [6.07, 6.45) is 2.82. The fourth-order valence-electron chi connectivity index (χ4n) is 6.63. The summed E-state index contributed by atoms with van der Waals surface area (Å²) >= 11 is 0. The molecule has 2 unspecified atom stereocenters. The maximum absolute atomic E-state index is 16.5. The van der Waals surface area contributed by atoms with Crippen molar-refractivity contribution in [2.24, 2.45) is 5.92 Å². The summed E-state index contributed by atoms with van der Waals surface area (Å²) in [4.78, 5) is 40.8. The lowest BCUT2D eigenvalue weighted by molar-refractivity contribution is -0.151. The van der Waals surface area contributed by atoms with Crippen molar-refractivity contribution in [1.29, 1.82) is 0 Å². The number of nitrogens with zero attached hydrogens (tertiary/aromatic N) is 1. The Morgan fingerprint density at radius 3 is 2.15 bits per heavy atom. The zero-order valence-corrected chi connectivity index (χ0v) is 26.6. The van der Waals surface area contributed by atoms with E-state index < -0.39 is 34.7 Å². The number of pyridine rings is 1. The Hall–Kier alpha value is -5.08. The summed E-state index contributed by atoms with van der Waals surface area (Å²) in [5.74, 6) is -2.38. The Kier molecular flexibility index (Phi) is 8.67. The second kappa shape index (κ2) is 13.2. The van der Waals surface area contributed by atoms with E-state index in [-0.39, 0.29) is 41.7 Å². The number of hydrogen-bond donors (Lipinski definition) is 0. The molecule has 0 aliphatic heterocycles. The third kappa shape index (κ3) is 6.04. The molecule has 0 spiro atoms. The van der Waals surface area contributed by atoms with E-state index >= 15 is 4.39 Å². The van der Waals surface area contributed by atoms with Crippen molar-refractivity contribution in [3.8, 4) is 0 Å². The Labute approximate surface area is 277 Å². The number of halogens is 1. The minimum atomic E-state index is -1.35. The van der Waals surface area contributed by atoms with Gasteiger partial charge in [-0.25, -0.2) is 9.18 Å². The molecule has 7 rings (SSSR count). The van der Waals surface area contributed by atoms with Crippen molar-refractivity contribution in [3.63, 3.8) is 0 Å². The largest absolute Gasteiger partial charge is 0.462 e. The van der Waals surface area contributed by atoms with Crippen LogP contribution in [0.4, 0.5) is 4.39 Å². The van der Waals surface area contributed by atoms with E-state index in [0.29, 0.717) is 18.5 Å². The summed E-state index contributed by atoms with van der Waals surface area (Å²) < 4.78 is 35.9. The van der Waals surface area contributed by atoms with Crippen LogP contribution in [0.3, 0.4) is 0 Å². The topological polar surface area (TPSA) is 83.8 Å². The molecule has 0 N–H and O–H groups in total. The van der Waals surface area contributed by atoms with Crippen LogP contribution in [0, 0.1) is 11.7 Å². The van der Waals surface area contributed by atoms with E-state index in [1.165, 1.54) is 6.20 Å². The summed E-state index contributed by atoms with van der Waals surface area (Å²) in [6, 6.07) is 31.5. The number of esters is 2. The highest BCUT2D eigenvalue weighted by Crippen LogP contribution is 2.57. The first-order chi connectivity index (χ1) is 23.4. The van der Waals surface area contributed by atoms with Gasteiger partial charge in [0, 0.05) is 29.1 Å². The highest BCUT2D eigenvalue weighted by atomic mass is 19.1. The Bertz CT molecular complexity index is 1970. The molecule has 244 valence electrons. The molecule has 1 aromatic heterocycles. The standard InChI is InChI=1S/C40H36FNO6/c1-2-47-38(44)32-23-42(30-18-19-30)35-21-33(34(41)20-31(35)36(32)43)40(22-29(40)25-46-24-26-12-6-3-7-13-26)39(45)48-37(27-14-8-4-9-15-27)28-16-10-5-11-17-28/h3-17,20-21,23,29-30,37H,2,18-19,22,24-25H2,1H3. The van der Waals surface area contributed by atoms with Crippen LogP contribution < -0.4 is 5.43 Å². The van der Waals surface area contributed by atoms with Crippen molar-refractivity contribution in [2.75, 3.05) is 13.2 Å². The Balaban J connectivity index is 1.30. The van der Waals surface area contributed by atoms with Gasteiger partial charge in [-0.3, -0.25) is 9.59 Å². The second-order valence-corrected chi connectivity index (χ2v) is 12.6. The molecule has 0 amide bonds. The fourth-order valence-corrected chi connectivity index (χ4v) is 6.63. The van der Waals surface area contributed by atoms with Gasteiger partial charge in [0.2, 0.25) is 5.43 Å². The molecule has 0 bridgehead atoms. The third-order valence-corrected chi connectivity index (χ3v) is 9.37. The molecule has 8 heteroatoms. The Morgan fingerprint density at radius 2 is 1.54 bits per heavy atom. The van der Waals surface area contributed by atoms with Crippen molar-refractivity contribution in [3.05, 3.63) is 153 Å². The number of rotatable bonds is 12. The molecule has 2 atom stereocenters. The molecule has 0 radical (unpaired) electrons. The molecule has 2 aliphatic carbocycles. The van der Waals surface area contributed by atoms with Gasteiger partial charge < -0.3 is 18.8 Å². The van der Waals surface area contributed by atoms with Crippen LogP contribution in [0.15, 0.2) is 114 Å². The minimum Gasteiger partial charge on any atom is -0.462 e. The summed E-state index contributed by atoms with van der Waals surface area (Å²) in [5, 5.41) is 0.0706. The first-order valence-electron chi connectivity index (χ1n) is 16.4. The maximum atomic E-state index is 16.5. The molecule has 2 aliphatic rings. The molecule has 5 aromatic rings. The molecule has 48 heavy (non-hydrogen) atoms. The summed E-state index contributed by atoms with van der Waals surface area (Å²) in [5.41, 5.74) is 1.11. The van der Waals surface area contributed by atoms with Gasteiger partial charge in [-0.2, -0.15) is 0 Å². The highest BCUT2D eigenvalue weighted by Gasteiger charge is 2.64. The molecule has 2 fully saturated rings. The zero-order chi connectivity index (χ0) is 33.3. The molecular weight excluding hydrogens is 609 g/mol. The lowest BCUT2D eigenvalue weighted by atomic mass is 9.90. The van der Waals surface area contributed by atoms with E-state index in [2.05, 4.69) is 0 Å². The van der Waals surface area contributed by atoms with Crippen LogP contribution in [0.25, 0.3) is 10.9 Å². The Morgan fingerprint density at radius 1 is 0.917 bits per heavy atom. The maximum Gasteiger partial charge on any atom is 0.343 e. The van der Waals surface area contributed by atoms with Crippen LogP contribution >= 0.6 is 0 Å². The van der Waals surface area contributed by atoms with Crippen molar-refractivity contribution in [1.82, 2.24) is 4.57 Å². The zero-order valence-electron chi connectivity index (χ0n) is 26.6. The van der Waals surface area contributed by atoms with Gasteiger partial charge in [0.1, 0.15) is 16.8 Å². The first kappa shape index (κ1) is 31.5. The van der Waals surface area contributed by atoms with Gasteiger partial charge in [-0.15, -0.1) is 0 Å². The van der Waals surface area contributed by atoms with Crippen LogP contribution in [0.1, 0.15) is 70.9 Å². The summed E-state index contributed by atoms with van der Waals surface area (Å²) in [7, 11) is 0. The van der Waals surface area contributed by atoms with E-state index in [0.717, 1.165) is 35.6 Å². The average Bonchev–Trinajstić information content (AvgIpc) is 4.05. The minimum absolute atomic E-state index is 0.0484. The molecule has 7 nitrogen and oxygen atoms in total. The van der Waals surface area contributed by atoms with Gasteiger partial charge in [-0.05, 0) is 55.0 Å². The second-order valence-electron chi connectivity index (χ2n) is 12.6. The van der Waals surface area contributed by atoms with Gasteiger partial charge in [0.15, 0.2) is 6.10 Å². The third-order valence-electron chi connectivity index (χ3n) is 9.37. The lowest BCUT2D eigenvalue weighted by Gasteiger charge is -2.25. The normalized spacial score (nSPS) is 18.5. The van der Waals surface area contributed by atoms with Crippen molar-refractivity contribution in [2.45, 2.75) is 50.4 Å². The predicted octanol–water partition coefficient (Wildman–Crippen LogP) is 7.46. The van der Waals surface area contributed by atoms with Crippen LogP contribution in [-0.2, 0) is 31.0 Å². The van der Waals surface area contributed by atoms with Gasteiger partial charge >= 0.3 is 11.9 Å². The first-order valence-corrected chi connectivity index (χ1v) is 16.4. The number of carbonyl (C=O) groups excluding carboxylic acids is 2. The van der Waals surface area contributed by atoms with Gasteiger partial charge in [-0.1, -0.05) is 91.0 Å². The average molecular weight is 646 g/mol. The molecule has 2 saturated carbocycles. The fraction of sp³-hybridized carbons (Fsp3) is 0.275. The number of ether oxygens (including phenoxy) is 3. The molecule has 4 aromatic carbocycles. The molecule has 1 heterocycles. The van der Waals surface area contributed by atoms with E-state index in [9.17, 15) is 14.4 Å². The quantitative estimate of drug-likeness (QED) is 0.131. The lowest BCUT2D eigenvalue weighted by Crippen LogP contribution is -2.30.